The van der Waals surface area contributed by atoms with Crippen molar-refractivity contribution in [2.75, 3.05) is 26.2 Å². The Labute approximate surface area is 207 Å². The highest BCUT2D eigenvalue weighted by Gasteiger charge is 2.32. The van der Waals surface area contributed by atoms with E-state index in [1.54, 1.807) is 12.1 Å². The highest BCUT2D eigenvalue weighted by Crippen LogP contribution is 2.47. The van der Waals surface area contributed by atoms with Crippen LogP contribution in [0.5, 0.6) is 11.5 Å². The van der Waals surface area contributed by atoms with Crippen molar-refractivity contribution in [3.05, 3.63) is 95.1 Å². The van der Waals surface area contributed by atoms with Crippen LogP contribution in [0.1, 0.15) is 53.4 Å². The van der Waals surface area contributed by atoms with E-state index in [1.165, 1.54) is 37.1 Å². The zero-order chi connectivity index (χ0) is 24.3. The summed E-state index contributed by atoms with van der Waals surface area (Å²) in [6.45, 7) is 3.99. The van der Waals surface area contributed by atoms with Gasteiger partial charge in [-0.3, -0.25) is 9.45 Å². The standard InChI is InChI=1S/C28H31NO5S/c30-35(31,32)34-25-13-15-27-23(20-25)10-14-26(21-6-2-1-3-7-21)28(27)22-8-11-24(12-9-22)33-19-18-29-16-4-5-17-29/h1-3,6-9,11-13,15,20,26,28H,4-5,10,14,16-19H2,(H,30,31,32)/t26-,28+/m1/s1. The molecule has 1 fully saturated rings. The third kappa shape index (κ3) is 5.86. The largest absolute Gasteiger partial charge is 0.492 e. The zero-order valence-corrected chi connectivity index (χ0v) is 20.5. The molecule has 0 spiro atoms. The molecule has 2 atom stereocenters. The lowest BCUT2D eigenvalue weighted by molar-refractivity contribution is 0.237. The van der Waals surface area contributed by atoms with E-state index < -0.39 is 10.4 Å². The average Bonchev–Trinajstić information content (AvgIpc) is 3.37. The molecule has 1 N–H and O–H groups in total. The molecule has 7 heteroatoms. The normalized spacial score (nSPS) is 20.4. The predicted octanol–water partition coefficient (Wildman–Crippen LogP) is 5.20. The van der Waals surface area contributed by atoms with Gasteiger partial charge in [-0.05, 0) is 91.2 Å². The lowest BCUT2D eigenvalue weighted by Crippen LogP contribution is -2.25. The number of fused-ring (bicyclic) bond motifs is 1. The molecule has 0 unspecified atom stereocenters. The summed E-state index contributed by atoms with van der Waals surface area (Å²) in [6.07, 6.45) is 4.28. The summed E-state index contributed by atoms with van der Waals surface area (Å²) in [5.74, 6) is 1.40. The first-order chi connectivity index (χ1) is 17.0. The van der Waals surface area contributed by atoms with Crippen molar-refractivity contribution < 1.29 is 21.9 Å². The predicted molar refractivity (Wildman–Crippen MR) is 136 cm³/mol. The van der Waals surface area contributed by atoms with Gasteiger partial charge in [0, 0.05) is 12.5 Å². The Hall–Kier alpha value is -2.87. The van der Waals surface area contributed by atoms with Crippen LogP contribution in [-0.4, -0.2) is 44.1 Å². The summed E-state index contributed by atoms with van der Waals surface area (Å²) in [5, 5.41) is 0. The fourth-order valence-corrected chi connectivity index (χ4v) is 5.86. The quantitative estimate of drug-likeness (QED) is 0.435. The maximum atomic E-state index is 11.2. The molecule has 2 aliphatic rings. The highest BCUT2D eigenvalue weighted by atomic mass is 32.3. The van der Waals surface area contributed by atoms with Crippen LogP contribution < -0.4 is 8.92 Å². The zero-order valence-electron chi connectivity index (χ0n) is 19.7. The van der Waals surface area contributed by atoms with E-state index in [4.69, 9.17) is 13.5 Å². The number of nitrogens with zero attached hydrogens (tertiary/aromatic N) is 1. The van der Waals surface area contributed by atoms with Crippen molar-refractivity contribution >= 4 is 10.4 Å². The first-order valence-electron chi connectivity index (χ1n) is 12.3. The maximum Gasteiger partial charge on any atom is 0.446 e. The summed E-state index contributed by atoms with van der Waals surface area (Å²) < 4.78 is 42.2. The second kappa shape index (κ2) is 10.4. The van der Waals surface area contributed by atoms with Crippen LogP contribution in [0.2, 0.25) is 0 Å². The lowest BCUT2D eigenvalue weighted by atomic mass is 9.69. The van der Waals surface area contributed by atoms with Crippen molar-refractivity contribution in [2.24, 2.45) is 0 Å². The molecule has 0 bridgehead atoms. The average molecular weight is 494 g/mol. The van der Waals surface area contributed by atoms with Crippen LogP contribution in [0, 0.1) is 0 Å². The van der Waals surface area contributed by atoms with Crippen molar-refractivity contribution in [1.82, 2.24) is 4.90 Å². The van der Waals surface area contributed by atoms with E-state index in [0.29, 0.717) is 12.5 Å². The Bertz CT molecular complexity index is 1240. The molecule has 0 saturated carbocycles. The number of rotatable bonds is 8. The number of aryl methyl sites for hydroxylation is 1. The van der Waals surface area contributed by atoms with Crippen molar-refractivity contribution in [3.63, 3.8) is 0 Å². The molecule has 0 radical (unpaired) electrons. The fraction of sp³-hybridized carbons (Fsp3) is 0.357. The third-order valence-corrected chi connectivity index (χ3v) is 7.52. The lowest BCUT2D eigenvalue weighted by Gasteiger charge is -2.35. The van der Waals surface area contributed by atoms with E-state index in [-0.39, 0.29) is 11.7 Å². The number of hydrogen-bond acceptors (Lipinski definition) is 5. The van der Waals surface area contributed by atoms with Gasteiger partial charge in [0.25, 0.3) is 0 Å². The van der Waals surface area contributed by atoms with Crippen LogP contribution in [-0.2, 0) is 16.8 Å². The number of benzene rings is 3. The molecular weight excluding hydrogens is 462 g/mol. The molecule has 6 nitrogen and oxygen atoms in total. The highest BCUT2D eigenvalue weighted by molar-refractivity contribution is 7.81. The topological polar surface area (TPSA) is 76.1 Å². The van der Waals surface area contributed by atoms with Crippen LogP contribution in [0.25, 0.3) is 0 Å². The number of hydrogen-bond donors (Lipinski definition) is 1. The third-order valence-electron chi connectivity index (χ3n) is 7.12. The Morgan fingerprint density at radius 1 is 0.886 bits per heavy atom. The molecule has 1 aliphatic heterocycles. The van der Waals surface area contributed by atoms with E-state index in [0.717, 1.165) is 36.3 Å². The second-order valence-corrected chi connectivity index (χ2v) is 10.4. The molecule has 1 heterocycles. The van der Waals surface area contributed by atoms with Gasteiger partial charge in [-0.25, -0.2) is 0 Å². The van der Waals surface area contributed by atoms with Crippen molar-refractivity contribution in [1.29, 1.82) is 0 Å². The monoisotopic (exact) mass is 493 g/mol. The first-order valence-corrected chi connectivity index (χ1v) is 13.6. The molecule has 3 aromatic carbocycles. The summed E-state index contributed by atoms with van der Waals surface area (Å²) >= 11 is 0. The first kappa shape index (κ1) is 23.9. The van der Waals surface area contributed by atoms with Crippen LogP contribution >= 0.6 is 0 Å². The number of ether oxygens (including phenoxy) is 1. The minimum atomic E-state index is -4.56. The molecule has 3 aromatic rings. The van der Waals surface area contributed by atoms with Gasteiger partial charge >= 0.3 is 10.4 Å². The van der Waals surface area contributed by atoms with Gasteiger partial charge in [0.2, 0.25) is 0 Å². The van der Waals surface area contributed by atoms with Crippen LogP contribution in [0.4, 0.5) is 0 Å². The number of likely N-dealkylation sites (tertiary alicyclic amines) is 1. The van der Waals surface area contributed by atoms with Gasteiger partial charge in [0.05, 0.1) is 0 Å². The molecule has 1 saturated heterocycles. The Morgan fingerprint density at radius 3 is 2.31 bits per heavy atom. The summed E-state index contributed by atoms with van der Waals surface area (Å²) in [7, 11) is -4.56. The van der Waals surface area contributed by atoms with Crippen molar-refractivity contribution in [3.8, 4) is 11.5 Å². The van der Waals surface area contributed by atoms with Crippen LogP contribution in [0.3, 0.4) is 0 Å². The minimum absolute atomic E-state index is 0.111. The second-order valence-electron chi connectivity index (χ2n) is 9.37. The fourth-order valence-electron chi connectivity index (χ4n) is 5.51. The van der Waals surface area contributed by atoms with E-state index in [9.17, 15) is 8.42 Å². The Balaban J connectivity index is 1.40. The van der Waals surface area contributed by atoms with E-state index in [1.807, 2.05) is 24.3 Å². The maximum absolute atomic E-state index is 11.2. The molecule has 5 rings (SSSR count). The van der Waals surface area contributed by atoms with Crippen molar-refractivity contribution in [2.45, 2.75) is 37.5 Å². The van der Waals surface area contributed by atoms with Gasteiger partial charge in [-0.2, -0.15) is 8.42 Å². The SMILES string of the molecule is O=S(=O)(O)Oc1ccc2c(c1)CC[C@H](c1ccccc1)[C@@H]2c1ccc(OCCN2CCCC2)cc1. The Morgan fingerprint density at radius 2 is 1.60 bits per heavy atom. The molecule has 184 valence electrons. The van der Waals surface area contributed by atoms with Gasteiger partial charge < -0.3 is 8.92 Å². The summed E-state index contributed by atoms with van der Waals surface area (Å²) in [4.78, 5) is 2.44. The summed E-state index contributed by atoms with van der Waals surface area (Å²) in [6, 6.07) is 24.2. The smallest absolute Gasteiger partial charge is 0.446 e. The minimum Gasteiger partial charge on any atom is -0.492 e. The molecule has 35 heavy (non-hydrogen) atoms. The van der Waals surface area contributed by atoms with Gasteiger partial charge in [-0.1, -0.05) is 48.5 Å². The Kier molecular flexibility index (Phi) is 7.09. The molecule has 0 aromatic heterocycles. The van der Waals surface area contributed by atoms with E-state index in [2.05, 4.69) is 41.3 Å². The summed E-state index contributed by atoms with van der Waals surface area (Å²) in [5.41, 5.74) is 4.66. The van der Waals surface area contributed by atoms with Crippen LogP contribution in [0.15, 0.2) is 72.8 Å². The van der Waals surface area contributed by atoms with E-state index >= 15 is 0 Å². The molecule has 0 amide bonds. The molecule has 1 aliphatic carbocycles. The van der Waals surface area contributed by atoms with Gasteiger partial charge in [-0.15, -0.1) is 0 Å². The van der Waals surface area contributed by atoms with Gasteiger partial charge in [0.15, 0.2) is 0 Å². The molecular formula is C28H31NO5S. The van der Waals surface area contributed by atoms with Gasteiger partial charge in [0.1, 0.15) is 18.1 Å².